The van der Waals surface area contributed by atoms with Crippen molar-refractivity contribution in [2.75, 3.05) is 7.05 Å². The molecule has 0 amide bonds. The third-order valence-electron chi connectivity index (χ3n) is 4.87. The molecule has 0 aromatic heterocycles. The molecule has 18 heavy (non-hydrogen) atoms. The van der Waals surface area contributed by atoms with Crippen molar-refractivity contribution in [2.24, 2.45) is 5.92 Å². The smallest absolute Gasteiger partial charge is 0.0101 e. The monoisotopic (exact) mass is 241 g/mol. The second-order valence-electron chi connectivity index (χ2n) is 6.00. The summed E-state index contributed by atoms with van der Waals surface area (Å²) < 4.78 is 0. The second-order valence-corrected chi connectivity index (χ2v) is 6.00. The van der Waals surface area contributed by atoms with Crippen LogP contribution in [0.25, 0.3) is 6.08 Å². The molecule has 0 aliphatic carbocycles. The minimum atomic E-state index is 0.790. The predicted molar refractivity (Wildman–Crippen MR) is 77.5 cm³/mol. The third kappa shape index (κ3) is 2.24. The molecule has 2 bridgehead atoms. The second kappa shape index (κ2) is 4.89. The van der Waals surface area contributed by atoms with Crippen molar-refractivity contribution in [1.29, 1.82) is 0 Å². The topological polar surface area (TPSA) is 3.24 Å². The number of piperidine rings is 1. The summed E-state index contributed by atoms with van der Waals surface area (Å²) >= 11 is 0. The van der Waals surface area contributed by atoms with Crippen LogP contribution in [0.2, 0.25) is 0 Å². The molecule has 1 nitrogen and oxygen atoms in total. The first-order valence-corrected chi connectivity index (χ1v) is 7.20. The van der Waals surface area contributed by atoms with Gasteiger partial charge in [-0.3, -0.25) is 0 Å². The summed E-state index contributed by atoms with van der Waals surface area (Å²) in [6.07, 6.45) is 10.3. The van der Waals surface area contributed by atoms with Gasteiger partial charge in [0.2, 0.25) is 0 Å². The summed E-state index contributed by atoms with van der Waals surface area (Å²) in [4.78, 5) is 2.61. The van der Waals surface area contributed by atoms with E-state index in [1.807, 2.05) is 0 Å². The predicted octanol–water partition coefficient (Wildman–Crippen LogP) is 3.88. The zero-order chi connectivity index (χ0) is 12.5. The molecular weight excluding hydrogens is 218 g/mol. The van der Waals surface area contributed by atoms with Crippen LogP contribution in [0.5, 0.6) is 0 Å². The highest BCUT2D eigenvalue weighted by atomic mass is 15.2. The Morgan fingerprint density at radius 2 is 1.78 bits per heavy atom. The lowest BCUT2D eigenvalue weighted by Crippen LogP contribution is -2.39. The lowest BCUT2D eigenvalue weighted by molar-refractivity contribution is 0.152. The lowest BCUT2D eigenvalue weighted by atomic mass is 9.90. The van der Waals surface area contributed by atoms with Gasteiger partial charge in [-0.05, 0) is 56.7 Å². The van der Waals surface area contributed by atoms with E-state index in [2.05, 4.69) is 55.3 Å². The van der Waals surface area contributed by atoms with Crippen LogP contribution >= 0.6 is 0 Å². The molecule has 2 saturated heterocycles. The van der Waals surface area contributed by atoms with Crippen LogP contribution in [-0.4, -0.2) is 24.0 Å². The van der Waals surface area contributed by atoms with E-state index in [4.69, 9.17) is 0 Å². The van der Waals surface area contributed by atoms with Gasteiger partial charge in [-0.2, -0.15) is 0 Å². The Labute approximate surface area is 111 Å². The first-order chi connectivity index (χ1) is 8.74. The number of benzene rings is 1. The SMILES string of the molecule is Cc1ccccc1/C=C/[C@H]1C[C@H]2CC[C@@H](C1)N2C. The van der Waals surface area contributed by atoms with E-state index in [0.717, 1.165) is 18.0 Å². The summed E-state index contributed by atoms with van der Waals surface area (Å²) in [5.41, 5.74) is 2.76. The summed E-state index contributed by atoms with van der Waals surface area (Å²) in [5, 5.41) is 0. The van der Waals surface area contributed by atoms with Gasteiger partial charge in [-0.15, -0.1) is 0 Å². The van der Waals surface area contributed by atoms with Crippen molar-refractivity contribution < 1.29 is 0 Å². The number of rotatable bonds is 2. The van der Waals surface area contributed by atoms with E-state index in [0.29, 0.717) is 0 Å². The fraction of sp³-hybridized carbons (Fsp3) is 0.529. The van der Waals surface area contributed by atoms with Gasteiger partial charge in [0, 0.05) is 12.1 Å². The lowest BCUT2D eigenvalue weighted by Gasteiger charge is -2.35. The van der Waals surface area contributed by atoms with Crippen LogP contribution in [0.1, 0.15) is 36.8 Å². The Morgan fingerprint density at radius 1 is 1.11 bits per heavy atom. The van der Waals surface area contributed by atoms with Gasteiger partial charge >= 0.3 is 0 Å². The molecule has 3 atom stereocenters. The molecule has 2 aliphatic rings. The summed E-state index contributed by atoms with van der Waals surface area (Å²) in [7, 11) is 2.31. The van der Waals surface area contributed by atoms with Gasteiger partial charge in [-0.1, -0.05) is 36.4 Å². The molecule has 0 spiro atoms. The third-order valence-corrected chi connectivity index (χ3v) is 4.87. The van der Waals surface area contributed by atoms with E-state index in [9.17, 15) is 0 Å². The Morgan fingerprint density at radius 3 is 2.44 bits per heavy atom. The molecule has 0 unspecified atom stereocenters. The molecule has 0 radical (unpaired) electrons. The Hall–Kier alpha value is -1.08. The highest BCUT2D eigenvalue weighted by Gasteiger charge is 2.37. The molecule has 3 rings (SSSR count). The molecular formula is C17H23N. The number of allylic oxidation sites excluding steroid dienone is 1. The average Bonchev–Trinajstić information content (AvgIpc) is 2.62. The largest absolute Gasteiger partial charge is 0.300 e. The fourth-order valence-electron chi connectivity index (χ4n) is 3.62. The fourth-order valence-corrected chi connectivity index (χ4v) is 3.62. The maximum absolute atomic E-state index is 2.61. The minimum absolute atomic E-state index is 0.790. The Bertz CT molecular complexity index is 435. The minimum Gasteiger partial charge on any atom is -0.300 e. The quantitative estimate of drug-likeness (QED) is 0.759. The van der Waals surface area contributed by atoms with Crippen LogP contribution in [0.4, 0.5) is 0 Å². The van der Waals surface area contributed by atoms with Crippen molar-refractivity contribution in [3.63, 3.8) is 0 Å². The van der Waals surface area contributed by atoms with Crippen LogP contribution < -0.4 is 0 Å². The van der Waals surface area contributed by atoms with Gasteiger partial charge in [0.05, 0.1) is 0 Å². The van der Waals surface area contributed by atoms with Gasteiger partial charge in [0.1, 0.15) is 0 Å². The van der Waals surface area contributed by atoms with Gasteiger partial charge in [0.15, 0.2) is 0 Å². The zero-order valence-corrected chi connectivity index (χ0v) is 11.5. The van der Waals surface area contributed by atoms with Gasteiger partial charge in [-0.25, -0.2) is 0 Å². The molecule has 1 heteroatoms. The van der Waals surface area contributed by atoms with Crippen LogP contribution in [0.15, 0.2) is 30.3 Å². The van der Waals surface area contributed by atoms with E-state index >= 15 is 0 Å². The van der Waals surface area contributed by atoms with E-state index in [1.54, 1.807) is 0 Å². The zero-order valence-electron chi connectivity index (χ0n) is 11.5. The number of nitrogens with zero attached hydrogens (tertiary/aromatic N) is 1. The van der Waals surface area contributed by atoms with Crippen molar-refractivity contribution >= 4 is 6.08 Å². The van der Waals surface area contributed by atoms with Crippen molar-refractivity contribution in [1.82, 2.24) is 4.90 Å². The van der Waals surface area contributed by atoms with E-state index in [-0.39, 0.29) is 0 Å². The van der Waals surface area contributed by atoms with Crippen molar-refractivity contribution in [2.45, 2.75) is 44.7 Å². The highest BCUT2D eigenvalue weighted by molar-refractivity contribution is 5.53. The molecule has 1 aromatic carbocycles. The highest BCUT2D eigenvalue weighted by Crippen LogP contribution is 2.38. The molecule has 2 heterocycles. The molecule has 1 aromatic rings. The number of fused-ring (bicyclic) bond motifs is 2. The van der Waals surface area contributed by atoms with Gasteiger partial charge < -0.3 is 4.90 Å². The van der Waals surface area contributed by atoms with Crippen LogP contribution in [0.3, 0.4) is 0 Å². The Balaban J connectivity index is 1.69. The van der Waals surface area contributed by atoms with Gasteiger partial charge in [0.25, 0.3) is 0 Å². The molecule has 96 valence electrons. The van der Waals surface area contributed by atoms with E-state index in [1.165, 1.54) is 36.8 Å². The number of hydrogen-bond acceptors (Lipinski definition) is 1. The van der Waals surface area contributed by atoms with Crippen molar-refractivity contribution in [3.05, 3.63) is 41.5 Å². The summed E-state index contributed by atoms with van der Waals surface area (Å²) in [5.74, 6) is 0.790. The van der Waals surface area contributed by atoms with Crippen LogP contribution in [-0.2, 0) is 0 Å². The summed E-state index contributed by atoms with van der Waals surface area (Å²) in [6.45, 7) is 2.19. The molecule has 2 fully saturated rings. The normalized spacial score (nSPS) is 32.2. The van der Waals surface area contributed by atoms with Crippen molar-refractivity contribution in [3.8, 4) is 0 Å². The van der Waals surface area contributed by atoms with E-state index < -0.39 is 0 Å². The number of hydrogen-bond donors (Lipinski definition) is 0. The molecule has 0 saturated carbocycles. The first-order valence-electron chi connectivity index (χ1n) is 7.20. The molecule has 2 aliphatic heterocycles. The average molecular weight is 241 g/mol. The van der Waals surface area contributed by atoms with Crippen LogP contribution in [0, 0.1) is 12.8 Å². The standard InChI is InChI=1S/C17H23N/c1-13-5-3-4-6-15(13)8-7-14-11-16-9-10-17(12-14)18(16)2/h3-8,14,16-17H,9-12H2,1-2H3/b8-7+/t14-,16+,17-. The molecule has 0 N–H and O–H groups in total. The number of aryl methyl sites for hydroxylation is 1. The maximum atomic E-state index is 2.61. The Kier molecular flexibility index (Phi) is 3.25. The maximum Gasteiger partial charge on any atom is 0.0101 e. The summed E-state index contributed by atoms with van der Waals surface area (Å²) in [6, 6.07) is 10.3. The first kappa shape index (κ1) is 12.0.